The molecule has 0 saturated carbocycles. The molecule has 0 saturated heterocycles. The van der Waals surface area contributed by atoms with Gasteiger partial charge in [0, 0.05) is 28.0 Å². The summed E-state index contributed by atoms with van der Waals surface area (Å²) in [4.78, 5) is 26.6. The van der Waals surface area contributed by atoms with Crippen molar-refractivity contribution < 1.29 is 13.6 Å². The van der Waals surface area contributed by atoms with Crippen LogP contribution in [0.2, 0.25) is 0 Å². The normalized spacial score (nSPS) is 11.9. The predicted molar refractivity (Wildman–Crippen MR) is 125 cm³/mol. The van der Waals surface area contributed by atoms with Gasteiger partial charge in [0.25, 0.3) is 5.92 Å². The lowest BCUT2D eigenvalue weighted by molar-refractivity contribution is -0.112. The molecule has 0 unspecified atom stereocenters. The number of anilines is 3. The fraction of sp³-hybridized carbons (Fsp3) is 0.273. The Morgan fingerprint density at radius 3 is 2.78 bits per heavy atom. The number of allylic oxidation sites excluding steroid dienone is 1. The smallest absolute Gasteiger partial charge is 0.267 e. The van der Waals surface area contributed by atoms with Crippen LogP contribution in [-0.4, -0.2) is 52.3 Å². The van der Waals surface area contributed by atoms with E-state index in [1.54, 1.807) is 6.07 Å². The zero-order chi connectivity index (χ0) is 23.1. The van der Waals surface area contributed by atoms with Crippen molar-refractivity contribution >= 4 is 50.1 Å². The zero-order valence-corrected chi connectivity index (χ0v) is 19.2. The van der Waals surface area contributed by atoms with Crippen LogP contribution in [0.25, 0.3) is 10.9 Å². The maximum atomic E-state index is 13.9. The van der Waals surface area contributed by atoms with Gasteiger partial charge in [-0.3, -0.25) is 4.79 Å². The SMILES string of the molecule is CN(C)CCCC(F)(F)/C=C/C(=O)Nc1cc2c(Nc3cccc(Br)c3)ncnc2cn1. The largest absolute Gasteiger partial charge is 0.340 e. The van der Waals surface area contributed by atoms with E-state index in [9.17, 15) is 13.6 Å². The van der Waals surface area contributed by atoms with Crippen LogP contribution in [-0.2, 0) is 4.79 Å². The molecule has 10 heteroatoms. The lowest BCUT2D eigenvalue weighted by atomic mass is 10.1. The molecule has 7 nitrogen and oxygen atoms in total. The fourth-order valence-electron chi connectivity index (χ4n) is 2.91. The van der Waals surface area contributed by atoms with Gasteiger partial charge < -0.3 is 15.5 Å². The molecule has 0 bridgehead atoms. The molecule has 0 spiro atoms. The van der Waals surface area contributed by atoms with Gasteiger partial charge in [0.05, 0.1) is 11.7 Å². The lowest BCUT2D eigenvalue weighted by Gasteiger charge is -2.14. The summed E-state index contributed by atoms with van der Waals surface area (Å²) in [6.07, 6.45) is 4.35. The molecule has 2 heterocycles. The van der Waals surface area contributed by atoms with Crippen molar-refractivity contribution in [2.24, 2.45) is 0 Å². The zero-order valence-electron chi connectivity index (χ0n) is 17.6. The summed E-state index contributed by atoms with van der Waals surface area (Å²) in [5.41, 5.74) is 1.37. The molecule has 0 radical (unpaired) electrons. The molecule has 0 aliphatic carbocycles. The van der Waals surface area contributed by atoms with E-state index in [0.29, 0.717) is 35.8 Å². The first-order valence-electron chi connectivity index (χ1n) is 9.88. The van der Waals surface area contributed by atoms with Crippen LogP contribution < -0.4 is 10.6 Å². The van der Waals surface area contributed by atoms with Crippen molar-refractivity contribution in [2.75, 3.05) is 31.3 Å². The first-order valence-corrected chi connectivity index (χ1v) is 10.7. The molecule has 3 aromatic rings. The molecular formula is C22H23BrF2N6O. The summed E-state index contributed by atoms with van der Waals surface area (Å²) >= 11 is 3.42. The van der Waals surface area contributed by atoms with Crippen LogP contribution in [0.5, 0.6) is 0 Å². The van der Waals surface area contributed by atoms with Crippen LogP contribution in [0.1, 0.15) is 12.8 Å². The Labute approximate surface area is 193 Å². The van der Waals surface area contributed by atoms with Crippen LogP contribution in [0.4, 0.5) is 26.1 Å². The van der Waals surface area contributed by atoms with Crippen LogP contribution in [0.3, 0.4) is 0 Å². The summed E-state index contributed by atoms with van der Waals surface area (Å²) < 4.78 is 28.8. The molecule has 0 aliphatic rings. The quantitative estimate of drug-likeness (QED) is 0.399. The second-order valence-electron chi connectivity index (χ2n) is 7.43. The highest BCUT2D eigenvalue weighted by molar-refractivity contribution is 9.10. The highest BCUT2D eigenvalue weighted by Crippen LogP contribution is 2.26. The highest BCUT2D eigenvalue weighted by atomic mass is 79.9. The molecule has 32 heavy (non-hydrogen) atoms. The van der Waals surface area contributed by atoms with E-state index in [4.69, 9.17) is 0 Å². The van der Waals surface area contributed by atoms with Crippen LogP contribution in [0, 0.1) is 0 Å². The van der Waals surface area contributed by atoms with E-state index < -0.39 is 11.8 Å². The van der Waals surface area contributed by atoms with E-state index in [1.165, 1.54) is 12.5 Å². The standard InChI is InChI=1S/C22H23BrF2N6O/c1-31(2)10-4-8-22(24,25)9-7-20(32)30-19-12-17-18(13-26-19)27-14-28-21(17)29-16-6-3-5-15(23)11-16/h3,5-7,9,11-14H,4,8,10H2,1-2H3,(H,26,30,32)(H,27,28,29)/b9-7+. The van der Waals surface area contributed by atoms with Crippen LogP contribution in [0.15, 0.2) is 59.5 Å². The Bertz CT molecular complexity index is 1120. The third kappa shape index (κ3) is 7.03. The number of fused-ring (bicyclic) bond motifs is 1. The van der Waals surface area contributed by atoms with E-state index in [2.05, 4.69) is 41.5 Å². The first kappa shape index (κ1) is 23.7. The van der Waals surface area contributed by atoms with Gasteiger partial charge in [0.1, 0.15) is 18.0 Å². The molecule has 3 rings (SSSR count). The molecule has 0 aliphatic heterocycles. The fourth-order valence-corrected chi connectivity index (χ4v) is 3.31. The molecule has 2 aromatic heterocycles. The summed E-state index contributed by atoms with van der Waals surface area (Å²) in [6.45, 7) is 0.551. The number of carbonyl (C=O) groups is 1. The predicted octanol–water partition coefficient (Wildman–Crippen LogP) is 5.00. The molecule has 2 N–H and O–H groups in total. The van der Waals surface area contributed by atoms with Gasteiger partial charge in [-0.15, -0.1) is 0 Å². The Hall–Kier alpha value is -2.98. The van der Waals surface area contributed by atoms with Crippen molar-refractivity contribution in [1.29, 1.82) is 0 Å². The highest BCUT2D eigenvalue weighted by Gasteiger charge is 2.24. The second-order valence-corrected chi connectivity index (χ2v) is 8.35. The van der Waals surface area contributed by atoms with Crippen molar-refractivity contribution in [2.45, 2.75) is 18.8 Å². The number of nitrogens with one attached hydrogen (secondary N) is 2. The summed E-state index contributed by atoms with van der Waals surface area (Å²) in [5, 5.41) is 6.34. The third-order valence-corrected chi connectivity index (χ3v) is 4.95. The average molecular weight is 505 g/mol. The number of hydrogen-bond donors (Lipinski definition) is 2. The number of rotatable bonds is 9. The monoisotopic (exact) mass is 504 g/mol. The minimum Gasteiger partial charge on any atom is -0.340 e. The molecule has 1 amide bonds. The molecule has 1 aromatic carbocycles. The summed E-state index contributed by atoms with van der Waals surface area (Å²) in [6, 6.07) is 9.15. The van der Waals surface area contributed by atoms with Crippen molar-refractivity contribution in [3.63, 3.8) is 0 Å². The number of nitrogens with zero attached hydrogens (tertiary/aromatic N) is 4. The van der Waals surface area contributed by atoms with Crippen LogP contribution >= 0.6 is 15.9 Å². The summed E-state index contributed by atoms with van der Waals surface area (Å²) in [5.74, 6) is -3.02. The number of alkyl halides is 2. The number of carbonyl (C=O) groups excluding carboxylic acids is 1. The Morgan fingerprint density at radius 2 is 2.03 bits per heavy atom. The molecule has 0 fully saturated rings. The number of pyridine rings is 1. The Balaban J connectivity index is 1.71. The van der Waals surface area contributed by atoms with Crippen molar-refractivity contribution in [3.8, 4) is 0 Å². The van der Waals surface area contributed by atoms with E-state index in [-0.39, 0.29) is 12.2 Å². The number of aromatic nitrogens is 3. The number of benzene rings is 1. The van der Waals surface area contributed by atoms with Gasteiger partial charge in [-0.25, -0.2) is 23.7 Å². The van der Waals surface area contributed by atoms with Crippen molar-refractivity contribution in [1.82, 2.24) is 19.9 Å². The average Bonchev–Trinajstić information content (AvgIpc) is 2.72. The minimum atomic E-state index is -3.06. The van der Waals surface area contributed by atoms with E-state index in [0.717, 1.165) is 16.2 Å². The third-order valence-electron chi connectivity index (χ3n) is 4.45. The first-order chi connectivity index (χ1) is 15.2. The molecule has 0 atom stereocenters. The number of hydrogen-bond acceptors (Lipinski definition) is 6. The summed E-state index contributed by atoms with van der Waals surface area (Å²) in [7, 11) is 3.64. The van der Waals surface area contributed by atoms with Gasteiger partial charge in [-0.2, -0.15) is 0 Å². The molecule has 168 valence electrons. The van der Waals surface area contributed by atoms with Gasteiger partial charge in [-0.1, -0.05) is 22.0 Å². The van der Waals surface area contributed by atoms with E-state index in [1.807, 2.05) is 43.3 Å². The maximum Gasteiger partial charge on any atom is 0.267 e. The van der Waals surface area contributed by atoms with Gasteiger partial charge in [-0.05, 0) is 57.4 Å². The van der Waals surface area contributed by atoms with Gasteiger partial charge in [0.15, 0.2) is 0 Å². The van der Waals surface area contributed by atoms with Crippen molar-refractivity contribution in [3.05, 3.63) is 59.5 Å². The minimum absolute atomic E-state index is 0.204. The second kappa shape index (κ2) is 10.6. The lowest BCUT2D eigenvalue weighted by Crippen LogP contribution is -2.19. The topological polar surface area (TPSA) is 83.0 Å². The van der Waals surface area contributed by atoms with Gasteiger partial charge >= 0.3 is 0 Å². The maximum absolute atomic E-state index is 13.9. The molecular weight excluding hydrogens is 482 g/mol. The number of halogens is 3. The Morgan fingerprint density at radius 1 is 1.22 bits per heavy atom. The van der Waals surface area contributed by atoms with E-state index >= 15 is 0 Å². The van der Waals surface area contributed by atoms with Gasteiger partial charge in [0.2, 0.25) is 5.91 Å². The Kier molecular flexibility index (Phi) is 7.81. The number of amides is 1.